The number of nitriles is 1. The average Bonchev–Trinajstić information content (AvgIpc) is 3.26. The molecule has 0 amide bonds. The van der Waals surface area contributed by atoms with Crippen LogP contribution in [0.4, 0.5) is 0 Å². The Bertz CT molecular complexity index is 1030. The minimum absolute atomic E-state index is 0.140. The predicted molar refractivity (Wildman–Crippen MR) is 129 cm³/mol. The number of hydrogen-bond donors (Lipinski definition) is 1. The Morgan fingerprint density at radius 1 is 1.15 bits per heavy atom. The molecule has 5 saturated carbocycles. The molecule has 5 aliphatic carbocycles. The van der Waals surface area contributed by atoms with Crippen LogP contribution in [0.3, 0.4) is 0 Å². The summed E-state index contributed by atoms with van der Waals surface area (Å²) in [6.45, 7) is 8.63. The number of aromatic nitrogens is 2. The third-order valence-corrected chi connectivity index (χ3v) is 11.3. The highest BCUT2D eigenvalue weighted by Crippen LogP contribution is 2.74. The van der Waals surface area contributed by atoms with Crippen LogP contribution in [0.2, 0.25) is 0 Å². The molecular weight excluding hydrogens is 422 g/mol. The zero-order valence-electron chi connectivity index (χ0n) is 21.3. The first-order chi connectivity index (χ1) is 16.0. The van der Waals surface area contributed by atoms with Crippen molar-refractivity contribution in [2.75, 3.05) is 0 Å². The summed E-state index contributed by atoms with van der Waals surface area (Å²) in [5.74, 6) is 5.66. The zero-order valence-corrected chi connectivity index (χ0v) is 21.3. The molecule has 184 valence electrons. The van der Waals surface area contributed by atoms with Crippen molar-refractivity contribution in [2.24, 2.45) is 52.8 Å². The van der Waals surface area contributed by atoms with Gasteiger partial charge in [0.25, 0.3) is 0 Å². The second-order valence-corrected chi connectivity index (χ2v) is 13.8. The van der Waals surface area contributed by atoms with E-state index in [0.29, 0.717) is 30.1 Å². The summed E-state index contributed by atoms with van der Waals surface area (Å²) < 4.78 is 1.77. The first-order valence-corrected chi connectivity index (χ1v) is 13.7. The Labute approximate surface area is 204 Å². The Balaban J connectivity index is 1.20. The van der Waals surface area contributed by atoms with Crippen LogP contribution < -0.4 is 0 Å². The Morgan fingerprint density at radius 2 is 1.91 bits per heavy atom. The molecule has 5 fully saturated rings. The smallest absolute Gasteiger partial charge is 0.158 e. The molecule has 5 aliphatic rings. The van der Waals surface area contributed by atoms with Gasteiger partial charge in [0.2, 0.25) is 0 Å². The van der Waals surface area contributed by atoms with E-state index in [1.165, 1.54) is 38.5 Å². The molecule has 1 heterocycles. The number of Topliss-reactive ketones (excluding diaryl/α,β-unsaturated/α-hetero) is 1. The van der Waals surface area contributed by atoms with E-state index >= 15 is 0 Å². The summed E-state index contributed by atoms with van der Waals surface area (Å²) in [6.07, 6.45) is 13.1. The van der Waals surface area contributed by atoms with Crippen LogP contribution in [0.5, 0.6) is 0 Å². The lowest BCUT2D eigenvalue weighted by Crippen LogP contribution is -2.52. The van der Waals surface area contributed by atoms with Crippen molar-refractivity contribution in [2.45, 2.75) is 96.6 Å². The lowest BCUT2D eigenvalue weighted by molar-refractivity contribution is -0.136. The highest BCUT2D eigenvalue weighted by Gasteiger charge is 2.70. The molecule has 5 nitrogen and oxygen atoms in total. The third kappa shape index (κ3) is 3.34. The average molecular weight is 464 g/mol. The van der Waals surface area contributed by atoms with Gasteiger partial charge in [0.1, 0.15) is 0 Å². The Morgan fingerprint density at radius 3 is 2.68 bits per heavy atom. The molecule has 0 aromatic carbocycles. The number of ketones is 1. The molecule has 6 rings (SSSR count). The van der Waals surface area contributed by atoms with E-state index in [1.807, 2.05) is 27.0 Å². The largest absolute Gasteiger partial charge is 0.390 e. The van der Waals surface area contributed by atoms with Gasteiger partial charge in [-0.3, -0.25) is 9.48 Å². The molecule has 34 heavy (non-hydrogen) atoms. The number of nitrogens with zero attached hydrogens (tertiary/aromatic N) is 3. The summed E-state index contributed by atoms with van der Waals surface area (Å²) in [5.41, 5.74) is -0.0256. The summed E-state index contributed by atoms with van der Waals surface area (Å²) in [7, 11) is 0. The van der Waals surface area contributed by atoms with Crippen LogP contribution in [0, 0.1) is 64.1 Å². The van der Waals surface area contributed by atoms with Crippen LogP contribution in [-0.2, 0) is 16.8 Å². The first-order valence-electron chi connectivity index (χ1n) is 13.7. The number of fused-ring (bicyclic) bond motifs is 7. The lowest BCUT2D eigenvalue weighted by atomic mass is 9.48. The van der Waals surface area contributed by atoms with Gasteiger partial charge >= 0.3 is 0 Å². The molecule has 0 saturated heterocycles. The maximum Gasteiger partial charge on any atom is 0.158 e. The zero-order chi connectivity index (χ0) is 24.0. The summed E-state index contributed by atoms with van der Waals surface area (Å²) in [6, 6.07) is 2.33. The van der Waals surface area contributed by atoms with E-state index in [4.69, 9.17) is 0 Å². The normalized spacial score (nSPS) is 47.1. The van der Waals surface area contributed by atoms with Crippen LogP contribution in [0.15, 0.2) is 12.4 Å². The van der Waals surface area contributed by atoms with Crippen molar-refractivity contribution in [3.8, 4) is 6.07 Å². The molecule has 0 unspecified atom stereocenters. The minimum Gasteiger partial charge on any atom is -0.390 e. The third-order valence-electron chi connectivity index (χ3n) is 11.3. The molecule has 1 N–H and O–H groups in total. The van der Waals surface area contributed by atoms with Gasteiger partial charge < -0.3 is 5.11 Å². The molecule has 0 aliphatic heterocycles. The van der Waals surface area contributed by atoms with Crippen molar-refractivity contribution >= 4 is 5.78 Å². The van der Waals surface area contributed by atoms with E-state index < -0.39 is 11.0 Å². The Kier molecular flexibility index (Phi) is 4.97. The maximum atomic E-state index is 13.7. The molecule has 0 bridgehead atoms. The molecule has 0 radical (unpaired) electrons. The second-order valence-electron chi connectivity index (χ2n) is 13.8. The monoisotopic (exact) mass is 463 g/mol. The first kappa shape index (κ1) is 22.8. The maximum absolute atomic E-state index is 13.7. The SMILES string of the molecule is CC(C)(C#N)c1cnn(CC(=O)[C@H]2[C@H]3C[C@H]3[C@H]3[C@@H]4CC[C@@H]5C[C@](C)(O)CC[C@@H]5[C@H]4CC[C@@]32C)c1. The highest BCUT2D eigenvalue weighted by molar-refractivity contribution is 5.83. The van der Waals surface area contributed by atoms with Crippen LogP contribution in [0.25, 0.3) is 0 Å². The molecule has 5 heteroatoms. The number of carbonyl (C=O) groups excluding carboxylic acids is 1. The van der Waals surface area contributed by atoms with Gasteiger partial charge in [0, 0.05) is 17.7 Å². The topological polar surface area (TPSA) is 78.9 Å². The van der Waals surface area contributed by atoms with Gasteiger partial charge in [-0.25, -0.2) is 0 Å². The number of rotatable bonds is 4. The second kappa shape index (κ2) is 7.42. The highest BCUT2D eigenvalue weighted by atomic mass is 16.3. The van der Waals surface area contributed by atoms with Gasteiger partial charge in [0.15, 0.2) is 5.78 Å². The van der Waals surface area contributed by atoms with E-state index in [0.717, 1.165) is 42.1 Å². The van der Waals surface area contributed by atoms with E-state index in [-0.39, 0.29) is 11.3 Å². The van der Waals surface area contributed by atoms with Crippen molar-refractivity contribution < 1.29 is 9.90 Å². The molecule has 1 aromatic heterocycles. The fourth-order valence-electron chi connectivity index (χ4n) is 9.75. The summed E-state index contributed by atoms with van der Waals surface area (Å²) in [5, 5.41) is 24.6. The Hall–Kier alpha value is -1.67. The number of hydrogen-bond acceptors (Lipinski definition) is 4. The standard InChI is InChI=1S/C29H41N3O2/c1-27(2,16-30)18-13-31-32(14-18)15-24(33)26-23-11-22(23)25-21-6-5-17-12-28(3,34)9-7-19(17)20(21)8-10-29(25,26)4/h13-14,17,19-23,25-26,34H,5-12,15H2,1-4H3/t17-,19+,20-,21-,22-,23+,25-,26-,28-,29+/m1/s1. The summed E-state index contributed by atoms with van der Waals surface area (Å²) >= 11 is 0. The lowest BCUT2D eigenvalue weighted by Gasteiger charge is -2.57. The fraction of sp³-hybridized carbons (Fsp3) is 0.828. The molecule has 10 atom stereocenters. The van der Waals surface area contributed by atoms with Crippen molar-refractivity contribution in [1.82, 2.24) is 9.78 Å². The number of carbonyl (C=O) groups is 1. The molecular formula is C29H41N3O2. The summed E-state index contributed by atoms with van der Waals surface area (Å²) in [4.78, 5) is 13.7. The van der Waals surface area contributed by atoms with Gasteiger partial charge in [-0.05, 0) is 119 Å². The van der Waals surface area contributed by atoms with E-state index in [2.05, 4.69) is 18.1 Å². The van der Waals surface area contributed by atoms with Gasteiger partial charge in [-0.15, -0.1) is 0 Å². The minimum atomic E-state index is -0.586. The van der Waals surface area contributed by atoms with Crippen molar-refractivity contribution in [1.29, 1.82) is 5.26 Å². The van der Waals surface area contributed by atoms with Crippen molar-refractivity contribution in [3.63, 3.8) is 0 Å². The fourth-order valence-corrected chi connectivity index (χ4v) is 9.75. The molecule has 0 spiro atoms. The predicted octanol–water partition coefficient (Wildman–Crippen LogP) is 5.13. The van der Waals surface area contributed by atoms with Crippen LogP contribution >= 0.6 is 0 Å². The number of aliphatic hydroxyl groups is 1. The van der Waals surface area contributed by atoms with Crippen LogP contribution in [0.1, 0.15) is 84.6 Å². The van der Waals surface area contributed by atoms with E-state index in [1.54, 1.807) is 10.9 Å². The van der Waals surface area contributed by atoms with E-state index in [9.17, 15) is 15.2 Å². The van der Waals surface area contributed by atoms with Crippen molar-refractivity contribution in [3.05, 3.63) is 18.0 Å². The van der Waals surface area contributed by atoms with Crippen LogP contribution in [-0.4, -0.2) is 26.3 Å². The van der Waals surface area contributed by atoms with Gasteiger partial charge in [-0.2, -0.15) is 10.4 Å². The quantitative estimate of drug-likeness (QED) is 0.671. The van der Waals surface area contributed by atoms with Gasteiger partial charge in [0.05, 0.1) is 29.8 Å². The van der Waals surface area contributed by atoms with Gasteiger partial charge in [-0.1, -0.05) is 6.92 Å². The molecule has 1 aromatic rings.